The molecule has 2 N–H and O–H groups in total. The van der Waals surface area contributed by atoms with Crippen LogP contribution in [-0.4, -0.2) is 21.7 Å². The molecule has 1 aliphatic carbocycles. The Morgan fingerprint density at radius 1 is 1.06 bits per heavy atom. The number of allylic oxidation sites excluding steroid dienone is 2. The first kappa shape index (κ1) is 13.9. The molecule has 0 aliphatic heterocycles. The summed E-state index contributed by atoms with van der Waals surface area (Å²) in [7, 11) is -2.48. The van der Waals surface area contributed by atoms with E-state index in [1.165, 1.54) is 0 Å². The Balaban J connectivity index is 3.19. The molecule has 0 saturated heterocycles. The molecule has 0 bridgehead atoms. The summed E-state index contributed by atoms with van der Waals surface area (Å²) >= 11 is 0. The van der Waals surface area contributed by atoms with Gasteiger partial charge in [0.15, 0.2) is 0 Å². The van der Waals surface area contributed by atoms with Gasteiger partial charge >= 0.3 is 0 Å². The zero-order valence-electron chi connectivity index (χ0n) is 11.9. The van der Waals surface area contributed by atoms with Gasteiger partial charge in [-0.1, -0.05) is 61.8 Å². The molecular weight excluding hydrogens is 226 g/mol. The summed E-state index contributed by atoms with van der Waals surface area (Å²) < 4.78 is 0. The zero-order chi connectivity index (χ0) is 12.8. The van der Waals surface area contributed by atoms with Crippen LogP contribution in [0.2, 0.25) is 39.3 Å². The van der Waals surface area contributed by atoms with Gasteiger partial charge in [0.1, 0.15) is 0 Å². The van der Waals surface area contributed by atoms with Crippen LogP contribution in [0, 0.1) is 0 Å². The lowest BCUT2D eigenvalue weighted by atomic mass is 9.94. The van der Waals surface area contributed by atoms with E-state index in [1.54, 1.807) is 10.4 Å². The average molecular weight is 254 g/mol. The highest BCUT2D eigenvalue weighted by atomic mass is 28.3. The minimum atomic E-state index is -1.29. The van der Waals surface area contributed by atoms with Crippen molar-refractivity contribution in [1.29, 1.82) is 0 Å². The molecule has 0 aromatic carbocycles. The van der Waals surface area contributed by atoms with E-state index in [-0.39, 0.29) is 5.54 Å². The molecule has 0 spiro atoms. The van der Waals surface area contributed by atoms with Crippen molar-refractivity contribution in [3.8, 4) is 0 Å². The predicted octanol–water partition coefficient (Wildman–Crippen LogP) is 3.72. The van der Waals surface area contributed by atoms with E-state index < -0.39 is 16.1 Å². The molecule has 0 heterocycles. The van der Waals surface area contributed by atoms with Gasteiger partial charge in [-0.25, -0.2) is 0 Å². The molecule has 0 amide bonds. The summed E-state index contributed by atoms with van der Waals surface area (Å²) in [6.07, 6.45) is 5.85. The van der Waals surface area contributed by atoms with Crippen LogP contribution in [0.3, 0.4) is 0 Å². The first-order valence-electron chi connectivity index (χ1n) is 6.17. The topological polar surface area (TPSA) is 26.0 Å². The van der Waals surface area contributed by atoms with Crippen molar-refractivity contribution in [3.05, 3.63) is 22.5 Å². The van der Waals surface area contributed by atoms with Gasteiger partial charge in [-0.05, 0) is 13.3 Å². The molecule has 0 aromatic rings. The fourth-order valence-corrected chi connectivity index (χ4v) is 6.25. The summed E-state index contributed by atoms with van der Waals surface area (Å²) in [4.78, 5) is 0. The average Bonchev–Trinajstić information content (AvgIpc) is 1.98. The second-order valence-electron chi connectivity index (χ2n) is 7.34. The van der Waals surface area contributed by atoms with Crippen molar-refractivity contribution < 1.29 is 0 Å². The molecule has 0 radical (unpaired) electrons. The second-order valence-corrected chi connectivity index (χ2v) is 17.5. The van der Waals surface area contributed by atoms with Gasteiger partial charge in [0, 0.05) is 5.54 Å². The van der Waals surface area contributed by atoms with Gasteiger partial charge < -0.3 is 5.73 Å². The second kappa shape index (κ2) is 3.96. The number of nitrogens with two attached hydrogens (primary N) is 1. The Morgan fingerprint density at radius 2 is 1.56 bits per heavy atom. The van der Waals surface area contributed by atoms with Crippen molar-refractivity contribution >= 4 is 16.1 Å². The summed E-state index contributed by atoms with van der Waals surface area (Å²) in [5, 5.41) is 3.13. The zero-order valence-corrected chi connectivity index (χ0v) is 13.9. The Bertz CT molecular complexity index is 338. The Kier molecular flexibility index (Phi) is 3.45. The van der Waals surface area contributed by atoms with E-state index in [0.717, 1.165) is 6.42 Å². The van der Waals surface area contributed by atoms with Crippen molar-refractivity contribution in [2.24, 2.45) is 5.73 Å². The molecule has 92 valence electrons. The molecule has 1 atom stereocenters. The SMILES string of the molecule is CC1(N)CC=C([Si](C)(C)C)C=C1[Si](C)(C)C. The maximum Gasteiger partial charge on any atom is 0.0771 e. The molecule has 0 aromatic heterocycles. The van der Waals surface area contributed by atoms with E-state index in [4.69, 9.17) is 5.73 Å². The third-order valence-corrected chi connectivity index (χ3v) is 7.75. The molecule has 0 saturated carbocycles. The monoisotopic (exact) mass is 253 g/mol. The van der Waals surface area contributed by atoms with Crippen molar-refractivity contribution in [2.45, 2.75) is 58.2 Å². The van der Waals surface area contributed by atoms with Gasteiger partial charge in [-0.3, -0.25) is 0 Å². The fraction of sp³-hybridized carbons (Fsp3) is 0.692. The van der Waals surface area contributed by atoms with E-state index in [1.807, 2.05) is 0 Å². The lowest BCUT2D eigenvalue weighted by molar-refractivity contribution is 0.570. The van der Waals surface area contributed by atoms with E-state index in [0.29, 0.717) is 0 Å². The highest BCUT2D eigenvalue weighted by Gasteiger charge is 2.36. The van der Waals surface area contributed by atoms with E-state index >= 15 is 0 Å². The highest BCUT2D eigenvalue weighted by Crippen LogP contribution is 2.35. The van der Waals surface area contributed by atoms with Crippen molar-refractivity contribution in [3.63, 3.8) is 0 Å². The highest BCUT2D eigenvalue weighted by molar-refractivity contribution is 6.86. The van der Waals surface area contributed by atoms with Gasteiger partial charge in [0.05, 0.1) is 16.1 Å². The molecule has 0 fully saturated rings. The van der Waals surface area contributed by atoms with Gasteiger partial charge in [-0.15, -0.1) is 0 Å². The maximum atomic E-state index is 6.45. The first-order valence-corrected chi connectivity index (χ1v) is 13.2. The third-order valence-electron chi connectivity index (χ3n) is 3.34. The Morgan fingerprint density at radius 3 is 1.94 bits per heavy atom. The largest absolute Gasteiger partial charge is 0.322 e. The van der Waals surface area contributed by atoms with Crippen molar-refractivity contribution in [2.75, 3.05) is 0 Å². The summed E-state index contributed by atoms with van der Waals surface area (Å²) in [5.41, 5.74) is 6.35. The lowest BCUT2D eigenvalue weighted by Crippen LogP contribution is -2.49. The van der Waals surface area contributed by atoms with Crippen LogP contribution in [0.25, 0.3) is 0 Å². The Hall–Kier alpha value is -0.126. The van der Waals surface area contributed by atoms with Gasteiger partial charge in [0.2, 0.25) is 0 Å². The van der Waals surface area contributed by atoms with Crippen LogP contribution in [0.15, 0.2) is 22.5 Å². The van der Waals surface area contributed by atoms with Gasteiger partial charge in [-0.2, -0.15) is 0 Å². The fourth-order valence-electron chi connectivity index (χ4n) is 2.41. The molecule has 1 nitrogen and oxygen atoms in total. The number of hydrogen-bond acceptors (Lipinski definition) is 1. The van der Waals surface area contributed by atoms with E-state index in [2.05, 4.69) is 58.4 Å². The van der Waals surface area contributed by atoms with Crippen LogP contribution in [0.1, 0.15) is 13.3 Å². The lowest BCUT2D eigenvalue weighted by Gasteiger charge is -2.39. The van der Waals surface area contributed by atoms with Crippen LogP contribution in [-0.2, 0) is 0 Å². The minimum absolute atomic E-state index is 0.104. The summed E-state index contributed by atoms with van der Waals surface area (Å²) in [6, 6.07) is 0. The summed E-state index contributed by atoms with van der Waals surface area (Å²) in [5.74, 6) is 0. The van der Waals surface area contributed by atoms with Crippen LogP contribution in [0.4, 0.5) is 0 Å². The summed E-state index contributed by atoms with van der Waals surface area (Å²) in [6.45, 7) is 16.6. The number of hydrogen-bond donors (Lipinski definition) is 1. The predicted molar refractivity (Wildman–Crippen MR) is 80.1 cm³/mol. The molecular formula is C13H27NSi2. The smallest absolute Gasteiger partial charge is 0.0771 e. The Labute approximate surface area is 103 Å². The van der Waals surface area contributed by atoms with Crippen LogP contribution < -0.4 is 5.73 Å². The first-order chi connectivity index (χ1) is 6.94. The van der Waals surface area contributed by atoms with E-state index in [9.17, 15) is 0 Å². The molecule has 3 heteroatoms. The quantitative estimate of drug-likeness (QED) is 0.746. The van der Waals surface area contributed by atoms with Gasteiger partial charge in [0.25, 0.3) is 0 Å². The van der Waals surface area contributed by atoms with Crippen LogP contribution >= 0.6 is 0 Å². The van der Waals surface area contributed by atoms with Crippen LogP contribution in [0.5, 0.6) is 0 Å². The molecule has 1 unspecified atom stereocenters. The maximum absolute atomic E-state index is 6.45. The molecule has 16 heavy (non-hydrogen) atoms. The standard InChI is InChI=1S/C13H27NSi2/c1-13(14)9-8-11(15(2,3)4)10-12(13)16(5,6)7/h8,10H,9,14H2,1-7H3. The molecule has 1 aliphatic rings. The van der Waals surface area contributed by atoms with Crippen molar-refractivity contribution in [1.82, 2.24) is 0 Å². The minimum Gasteiger partial charge on any atom is -0.322 e. The number of rotatable bonds is 2. The third kappa shape index (κ3) is 2.96. The normalized spacial score (nSPS) is 27.5. The molecule has 1 rings (SSSR count).